The summed E-state index contributed by atoms with van der Waals surface area (Å²) in [6.07, 6.45) is 6.43. The van der Waals surface area contributed by atoms with Crippen LogP contribution in [0.25, 0.3) is 16.5 Å². The number of methoxy groups -OCH3 is 1. The van der Waals surface area contributed by atoms with Crippen LogP contribution < -0.4 is 4.74 Å². The fraction of sp³-hybridized carbons (Fsp3) is 0.353. The van der Waals surface area contributed by atoms with Crippen molar-refractivity contribution in [3.63, 3.8) is 0 Å². The number of pyridine rings is 1. The number of aromatic nitrogens is 1. The van der Waals surface area contributed by atoms with Crippen LogP contribution in [0.3, 0.4) is 0 Å². The van der Waals surface area contributed by atoms with E-state index in [1.807, 2.05) is 6.07 Å². The van der Waals surface area contributed by atoms with Crippen LogP contribution in [-0.4, -0.2) is 24.3 Å². The Kier molecular flexibility index (Phi) is 2.74. The van der Waals surface area contributed by atoms with Crippen LogP contribution in [0.4, 0.5) is 0 Å². The molecule has 0 radical (unpaired) electrons. The third-order valence-corrected chi connectivity index (χ3v) is 4.22. The minimum atomic E-state index is 0.327. The number of fused-ring (bicyclic) bond motifs is 3. The number of hydrogen-bond donors (Lipinski definition) is 0. The Morgan fingerprint density at radius 3 is 3.00 bits per heavy atom. The highest BCUT2D eigenvalue weighted by atomic mass is 16.5. The smallest absolute Gasteiger partial charge is 0.213 e. The molecule has 1 aromatic carbocycles. The molecule has 4 rings (SSSR count). The van der Waals surface area contributed by atoms with Crippen molar-refractivity contribution in [3.05, 3.63) is 42.0 Å². The van der Waals surface area contributed by atoms with E-state index in [1.165, 1.54) is 24.0 Å². The van der Waals surface area contributed by atoms with Crippen LogP contribution >= 0.6 is 0 Å². The zero-order chi connectivity index (χ0) is 13.5. The van der Waals surface area contributed by atoms with Crippen LogP contribution in [0, 0.1) is 0 Å². The van der Waals surface area contributed by atoms with E-state index in [-0.39, 0.29) is 0 Å². The molecular formula is C17H17NO2. The number of rotatable bonds is 2. The fourth-order valence-corrected chi connectivity index (χ4v) is 3.18. The summed E-state index contributed by atoms with van der Waals surface area (Å²) in [6, 6.07) is 10.4. The maximum Gasteiger partial charge on any atom is 0.213 e. The molecule has 0 saturated carbocycles. The molecular weight excluding hydrogens is 250 g/mol. The van der Waals surface area contributed by atoms with E-state index >= 15 is 0 Å². The van der Waals surface area contributed by atoms with Crippen molar-refractivity contribution in [1.29, 1.82) is 0 Å². The quantitative estimate of drug-likeness (QED) is 0.833. The zero-order valence-electron chi connectivity index (χ0n) is 11.5. The Labute approximate surface area is 118 Å². The molecule has 2 unspecified atom stereocenters. The first kappa shape index (κ1) is 11.9. The fourth-order valence-electron chi connectivity index (χ4n) is 3.18. The first-order valence-electron chi connectivity index (χ1n) is 7.13. The van der Waals surface area contributed by atoms with Gasteiger partial charge in [0, 0.05) is 11.5 Å². The Morgan fingerprint density at radius 2 is 2.15 bits per heavy atom. The minimum Gasteiger partial charge on any atom is -0.481 e. The highest BCUT2D eigenvalue weighted by Gasteiger charge is 2.29. The van der Waals surface area contributed by atoms with Gasteiger partial charge in [0.15, 0.2) is 0 Å². The number of hydrogen-bond acceptors (Lipinski definition) is 3. The van der Waals surface area contributed by atoms with Crippen molar-refractivity contribution in [3.8, 4) is 5.88 Å². The van der Waals surface area contributed by atoms with Gasteiger partial charge in [-0.3, -0.25) is 0 Å². The van der Waals surface area contributed by atoms with E-state index in [4.69, 9.17) is 9.47 Å². The molecule has 0 amide bonds. The summed E-state index contributed by atoms with van der Waals surface area (Å²) in [4.78, 5) is 4.46. The van der Waals surface area contributed by atoms with Gasteiger partial charge in [0.1, 0.15) is 0 Å². The maximum atomic E-state index is 5.86. The monoisotopic (exact) mass is 267 g/mol. The standard InChI is InChI=1S/C17H17NO2/c1-19-17-7-3-12-8-11(2-6-16(12)18-17)13-9-14-4-5-15(10-13)20-14/h2-3,6-9,14-15H,4-5,10H2,1H3. The third kappa shape index (κ3) is 1.98. The number of ether oxygens (including phenoxy) is 2. The first-order chi connectivity index (χ1) is 9.81. The minimum absolute atomic E-state index is 0.327. The number of benzene rings is 1. The predicted molar refractivity (Wildman–Crippen MR) is 78.8 cm³/mol. The lowest BCUT2D eigenvalue weighted by molar-refractivity contribution is 0.0671. The molecule has 3 heteroatoms. The molecule has 1 saturated heterocycles. The van der Waals surface area contributed by atoms with E-state index in [9.17, 15) is 0 Å². The van der Waals surface area contributed by atoms with Crippen LogP contribution in [0.1, 0.15) is 24.8 Å². The summed E-state index contributed by atoms with van der Waals surface area (Å²) in [5.41, 5.74) is 3.69. The van der Waals surface area contributed by atoms with Crippen molar-refractivity contribution < 1.29 is 9.47 Å². The molecule has 2 atom stereocenters. The van der Waals surface area contributed by atoms with Gasteiger partial charge >= 0.3 is 0 Å². The molecule has 2 aliphatic heterocycles. The number of nitrogens with zero attached hydrogens (tertiary/aromatic N) is 1. The van der Waals surface area contributed by atoms with Crippen LogP contribution in [0.2, 0.25) is 0 Å². The lowest BCUT2D eigenvalue weighted by atomic mass is 9.97. The van der Waals surface area contributed by atoms with Crippen molar-refractivity contribution in [2.75, 3.05) is 7.11 Å². The van der Waals surface area contributed by atoms with Gasteiger partial charge in [0.2, 0.25) is 5.88 Å². The molecule has 3 nitrogen and oxygen atoms in total. The zero-order valence-corrected chi connectivity index (χ0v) is 11.5. The van der Waals surface area contributed by atoms with Crippen molar-refractivity contribution in [2.24, 2.45) is 0 Å². The van der Waals surface area contributed by atoms with Crippen LogP contribution in [0.15, 0.2) is 36.4 Å². The molecule has 3 heterocycles. The molecule has 2 aromatic rings. The van der Waals surface area contributed by atoms with Gasteiger partial charge in [0.05, 0.1) is 24.8 Å². The van der Waals surface area contributed by atoms with Crippen molar-refractivity contribution >= 4 is 16.5 Å². The molecule has 0 spiro atoms. The van der Waals surface area contributed by atoms with E-state index in [0.29, 0.717) is 18.1 Å². The molecule has 20 heavy (non-hydrogen) atoms. The molecule has 1 fully saturated rings. The van der Waals surface area contributed by atoms with Gasteiger partial charge in [0.25, 0.3) is 0 Å². The summed E-state index contributed by atoms with van der Waals surface area (Å²) in [5.74, 6) is 0.661. The van der Waals surface area contributed by atoms with Gasteiger partial charge in [-0.2, -0.15) is 0 Å². The van der Waals surface area contributed by atoms with Gasteiger partial charge in [-0.15, -0.1) is 0 Å². The van der Waals surface area contributed by atoms with E-state index in [1.54, 1.807) is 7.11 Å². The Morgan fingerprint density at radius 1 is 1.20 bits per heavy atom. The Hall–Kier alpha value is -1.87. The predicted octanol–water partition coefficient (Wildman–Crippen LogP) is 3.58. The third-order valence-electron chi connectivity index (χ3n) is 4.22. The Balaban J connectivity index is 1.74. The molecule has 1 aromatic heterocycles. The second-order valence-corrected chi connectivity index (χ2v) is 5.53. The largest absolute Gasteiger partial charge is 0.481 e. The normalized spacial score (nSPS) is 24.8. The van der Waals surface area contributed by atoms with E-state index in [2.05, 4.69) is 35.3 Å². The molecule has 0 aliphatic carbocycles. The summed E-state index contributed by atoms with van der Waals surface area (Å²) in [7, 11) is 1.64. The molecule has 102 valence electrons. The average molecular weight is 267 g/mol. The highest BCUT2D eigenvalue weighted by Crippen LogP contribution is 2.36. The van der Waals surface area contributed by atoms with Gasteiger partial charge in [-0.05, 0) is 48.6 Å². The second-order valence-electron chi connectivity index (χ2n) is 5.53. The second kappa shape index (κ2) is 4.60. The molecule has 2 bridgehead atoms. The molecule has 0 N–H and O–H groups in total. The Bertz CT molecular complexity index is 692. The lowest BCUT2D eigenvalue weighted by Gasteiger charge is -2.21. The van der Waals surface area contributed by atoms with E-state index in [0.717, 1.165) is 17.3 Å². The van der Waals surface area contributed by atoms with Gasteiger partial charge in [-0.25, -0.2) is 4.98 Å². The lowest BCUT2D eigenvalue weighted by Crippen LogP contribution is -2.15. The van der Waals surface area contributed by atoms with Gasteiger partial charge < -0.3 is 9.47 Å². The SMILES string of the molecule is COc1ccc2cc(C3=CC4CCC(C3)O4)ccc2n1. The maximum absolute atomic E-state index is 5.86. The first-order valence-corrected chi connectivity index (χ1v) is 7.13. The topological polar surface area (TPSA) is 31.4 Å². The van der Waals surface area contributed by atoms with Crippen molar-refractivity contribution in [2.45, 2.75) is 31.5 Å². The van der Waals surface area contributed by atoms with Crippen molar-refractivity contribution in [1.82, 2.24) is 4.98 Å². The van der Waals surface area contributed by atoms with Crippen LogP contribution in [-0.2, 0) is 4.74 Å². The van der Waals surface area contributed by atoms with E-state index < -0.39 is 0 Å². The highest BCUT2D eigenvalue weighted by molar-refractivity contribution is 5.84. The summed E-state index contributed by atoms with van der Waals surface area (Å²) >= 11 is 0. The van der Waals surface area contributed by atoms with Crippen LogP contribution in [0.5, 0.6) is 5.88 Å². The summed E-state index contributed by atoms with van der Waals surface area (Å²) in [5, 5.41) is 1.16. The average Bonchev–Trinajstić information content (AvgIpc) is 2.84. The summed E-state index contributed by atoms with van der Waals surface area (Å²) < 4.78 is 11.0. The molecule has 2 aliphatic rings. The van der Waals surface area contributed by atoms with Gasteiger partial charge in [-0.1, -0.05) is 12.1 Å². The summed E-state index contributed by atoms with van der Waals surface area (Å²) in [6.45, 7) is 0.